The number of fused-ring (bicyclic) bond motifs is 1. The van der Waals surface area contributed by atoms with Crippen molar-refractivity contribution in [2.75, 3.05) is 13.1 Å². The van der Waals surface area contributed by atoms with E-state index in [4.69, 9.17) is 0 Å². The van der Waals surface area contributed by atoms with Crippen molar-refractivity contribution >= 4 is 16.9 Å². The predicted octanol–water partition coefficient (Wildman–Crippen LogP) is 4.93. The molecule has 5 rings (SSSR count). The van der Waals surface area contributed by atoms with Crippen LogP contribution in [0.3, 0.4) is 0 Å². The Hall–Kier alpha value is -3.69. The van der Waals surface area contributed by atoms with Gasteiger partial charge in [-0.25, -0.2) is 14.1 Å². The van der Waals surface area contributed by atoms with Gasteiger partial charge in [0.1, 0.15) is 17.3 Å². The van der Waals surface area contributed by atoms with Crippen molar-refractivity contribution in [3.8, 4) is 5.69 Å². The van der Waals surface area contributed by atoms with Gasteiger partial charge in [-0.2, -0.15) is 18.3 Å². The van der Waals surface area contributed by atoms with E-state index in [1.165, 1.54) is 23.1 Å². The molecular weight excluding hydrogens is 438 g/mol. The highest BCUT2D eigenvalue weighted by atomic mass is 19.4. The van der Waals surface area contributed by atoms with Crippen molar-refractivity contribution in [2.45, 2.75) is 24.9 Å². The zero-order chi connectivity index (χ0) is 23.2. The fourth-order valence-electron chi connectivity index (χ4n) is 4.30. The predicted molar refractivity (Wildman–Crippen MR) is 112 cm³/mol. The number of para-hydroxylation sites is 3. The lowest BCUT2D eigenvalue weighted by Crippen LogP contribution is -2.40. The van der Waals surface area contributed by atoms with Crippen LogP contribution in [0.2, 0.25) is 0 Å². The minimum Gasteiger partial charge on any atom is -0.342 e. The Balaban J connectivity index is 1.47. The van der Waals surface area contributed by atoms with Gasteiger partial charge in [0.15, 0.2) is 5.69 Å². The number of carbonyl (C=O) groups is 1. The van der Waals surface area contributed by atoms with Crippen molar-refractivity contribution in [2.24, 2.45) is 0 Å². The summed E-state index contributed by atoms with van der Waals surface area (Å²) >= 11 is 0. The Kier molecular flexibility index (Phi) is 5.15. The Labute approximate surface area is 185 Å². The molecule has 1 aliphatic heterocycles. The zero-order valence-corrected chi connectivity index (χ0v) is 17.3. The lowest BCUT2D eigenvalue weighted by atomic mass is 9.96. The molecule has 1 fully saturated rings. The maximum absolute atomic E-state index is 14.2. The number of carbonyl (C=O) groups excluding carboxylic acids is 1. The topological polar surface area (TPSA) is 66.8 Å². The molecule has 2 aromatic carbocycles. The van der Waals surface area contributed by atoms with Crippen LogP contribution >= 0.6 is 0 Å². The number of imidazole rings is 1. The van der Waals surface area contributed by atoms with Crippen molar-refractivity contribution in [1.29, 1.82) is 0 Å². The SMILES string of the molecule is O=C(c1cnn(-c2ccccc2F)c1C(F)(F)F)N1CCC[C@@H](c2nc3ccccc3[nH]2)C1. The largest absolute Gasteiger partial charge is 0.434 e. The molecule has 1 saturated heterocycles. The second kappa shape index (κ2) is 8.02. The van der Waals surface area contributed by atoms with E-state index in [9.17, 15) is 22.4 Å². The number of alkyl halides is 3. The highest BCUT2D eigenvalue weighted by Crippen LogP contribution is 2.36. The van der Waals surface area contributed by atoms with Crippen LogP contribution in [-0.2, 0) is 6.18 Å². The summed E-state index contributed by atoms with van der Waals surface area (Å²) in [7, 11) is 0. The summed E-state index contributed by atoms with van der Waals surface area (Å²) in [5, 5.41) is 3.73. The third kappa shape index (κ3) is 3.85. The number of hydrogen-bond donors (Lipinski definition) is 1. The third-order valence-electron chi connectivity index (χ3n) is 5.85. The Morgan fingerprint density at radius 2 is 1.85 bits per heavy atom. The summed E-state index contributed by atoms with van der Waals surface area (Å²) in [4.78, 5) is 22.4. The number of nitrogens with zero attached hydrogens (tertiary/aromatic N) is 4. The van der Waals surface area contributed by atoms with Gasteiger partial charge < -0.3 is 9.88 Å². The van der Waals surface area contributed by atoms with Crippen LogP contribution in [-0.4, -0.2) is 43.6 Å². The molecule has 33 heavy (non-hydrogen) atoms. The van der Waals surface area contributed by atoms with Gasteiger partial charge in [0.05, 0.1) is 22.8 Å². The number of nitrogens with one attached hydrogen (secondary N) is 1. The molecule has 3 heterocycles. The number of aromatic nitrogens is 4. The Morgan fingerprint density at radius 3 is 2.61 bits per heavy atom. The van der Waals surface area contributed by atoms with Crippen LogP contribution in [0.25, 0.3) is 16.7 Å². The van der Waals surface area contributed by atoms with Crippen molar-refractivity contribution < 1.29 is 22.4 Å². The van der Waals surface area contributed by atoms with E-state index >= 15 is 0 Å². The van der Waals surface area contributed by atoms with Crippen molar-refractivity contribution in [3.63, 3.8) is 0 Å². The van der Waals surface area contributed by atoms with Crippen LogP contribution in [0, 0.1) is 5.82 Å². The van der Waals surface area contributed by atoms with E-state index in [1.807, 2.05) is 24.3 Å². The fourth-order valence-corrected chi connectivity index (χ4v) is 4.30. The van der Waals surface area contributed by atoms with Gasteiger partial charge in [0.2, 0.25) is 0 Å². The Morgan fingerprint density at radius 1 is 1.09 bits per heavy atom. The average Bonchev–Trinajstić information content (AvgIpc) is 3.44. The molecule has 1 aliphatic rings. The summed E-state index contributed by atoms with van der Waals surface area (Å²) in [6.07, 6.45) is -2.67. The van der Waals surface area contributed by atoms with Gasteiger partial charge in [-0.1, -0.05) is 24.3 Å². The first-order valence-electron chi connectivity index (χ1n) is 10.5. The summed E-state index contributed by atoms with van der Waals surface area (Å²) in [6.45, 7) is 0.540. The number of amides is 1. The highest BCUT2D eigenvalue weighted by Gasteiger charge is 2.42. The number of likely N-dealkylation sites (tertiary alicyclic amines) is 1. The number of hydrogen-bond acceptors (Lipinski definition) is 3. The lowest BCUT2D eigenvalue weighted by molar-refractivity contribution is -0.143. The molecule has 1 atom stereocenters. The number of benzene rings is 2. The van der Waals surface area contributed by atoms with Crippen LogP contribution < -0.4 is 0 Å². The number of rotatable bonds is 3. The lowest BCUT2D eigenvalue weighted by Gasteiger charge is -2.32. The molecule has 0 aliphatic carbocycles. The number of H-pyrrole nitrogens is 1. The average molecular weight is 457 g/mol. The zero-order valence-electron chi connectivity index (χ0n) is 17.3. The van der Waals surface area contributed by atoms with Crippen molar-refractivity contribution in [3.05, 3.63) is 77.6 Å². The molecule has 10 heteroatoms. The Bertz CT molecular complexity index is 1290. The van der Waals surface area contributed by atoms with E-state index in [1.54, 1.807) is 0 Å². The first-order chi connectivity index (χ1) is 15.8. The van der Waals surface area contributed by atoms with Crippen LogP contribution in [0.5, 0.6) is 0 Å². The fraction of sp³-hybridized carbons (Fsp3) is 0.261. The van der Waals surface area contributed by atoms with E-state index in [2.05, 4.69) is 15.1 Å². The highest BCUT2D eigenvalue weighted by molar-refractivity contribution is 5.95. The second-order valence-corrected chi connectivity index (χ2v) is 8.00. The van der Waals surface area contributed by atoms with Gasteiger partial charge in [-0.05, 0) is 37.1 Å². The minimum absolute atomic E-state index is 0.133. The van der Waals surface area contributed by atoms with Gasteiger partial charge in [0.25, 0.3) is 5.91 Å². The minimum atomic E-state index is -4.91. The van der Waals surface area contributed by atoms with E-state index in [0.717, 1.165) is 29.7 Å². The molecule has 0 unspecified atom stereocenters. The molecule has 1 amide bonds. The van der Waals surface area contributed by atoms with E-state index < -0.39 is 29.2 Å². The quantitative estimate of drug-likeness (QED) is 0.444. The summed E-state index contributed by atoms with van der Waals surface area (Å²) < 4.78 is 56.6. The molecule has 0 spiro atoms. The molecule has 0 saturated carbocycles. The second-order valence-electron chi connectivity index (χ2n) is 8.00. The monoisotopic (exact) mass is 457 g/mol. The van der Waals surface area contributed by atoms with Crippen molar-refractivity contribution in [1.82, 2.24) is 24.6 Å². The van der Waals surface area contributed by atoms with Gasteiger partial charge in [0, 0.05) is 19.0 Å². The van der Waals surface area contributed by atoms with E-state index in [0.29, 0.717) is 23.5 Å². The third-order valence-corrected chi connectivity index (χ3v) is 5.85. The van der Waals surface area contributed by atoms with Gasteiger partial charge in [-0.3, -0.25) is 4.79 Å². The number of aromatic amines is 1. The maximum atomic E-state index is 14.2. The van der Waals surface area contributed by atoms with Crippen LogP contribution in [0.4, 0.5) is 17.6 Å². The molecule has 0 radical (unpaired) electrons. The number of piperidine rings is 1. The first kappa shape index (κ1) is 21.2. The molecule has 6 nitrogen and oxygen atoms in total. The van der Waals surface area contributed by atoms with E-state index in [-0.39, 0.29) is 18.2 Å². The van der Waals surface area contributed by atoms with Crippen LogP contribution in [0.15, 0.2) is 54.7 Å². The summed E-state index contributed by atoms with van der Waals surface area (Å²) in [5.74, 6) is -1.09. The molecular formula is C23H19F4N5O. The van der Waals surface area contributed by atoms with Crippen LogP contribution in [0.1, 0.15) is 40.6 Å². The first-order valence-corrected chi connectivity index (χ1v) is 10.5. The molecule has 0 bridgehead atoms. The molecule has 4 aromatic rings. The summed E-state index contributed by atoms with van der Waals surface area (Å²) in [5.41, 5.74) is -0.606. The molecule has 170 valence electrons. The van der Waals surface area contributed by atoms with Gasteiger partial charge in [-0.15, -0.1) is 0 Å². The molecule has 1 N–H and O–H groups in total. The smallest absolute Gasteiger partial charge is 0.342 e. The normalized spacial score (nSPS) is 17.0. The standard InChI is InChI=1S/C23H19F4N5O/c24-16-7-1-4-10-19(16)32-20(23(25,26)27)15(12-28-32)22(33)31-11-5-6-14(13-31)21-29-17-8-2-3-9-18(17)30-21/h1-4,7-10,12,14H,5-6,11,13H2,(H,29,30)/t14-/m1/s1. The number of halogens is 4. The summed E-state index contributed by atoms with van der Waals surface area (Å²) in [6, 6.07) is 12.5. The maximum Gasteiger partial charge on any atom is 0.434 e. The molecule has 2 aromatic heterocycles. The van der Waals surface area contributed by atoms with Gasteiger partial charge >= 0.3 is 6.18 Å².